The smallest absolute Gasteiger partial charge is 0.224 e. The summed E-state index contributed by atoms with van der Waals surface area (Å²) in [6.07, 6.45) is 5.22. The first-order chi connectivity index (χ1) is 7.54. The second kappa shape index (κ2) is 4.08. The van der Waals surface area contributed by atoms with Gasteiger partial charge in [0.25, 0.3) is 0 Å². The highest BCUT2D eigenvalue weighted by atomic mass is 16.2. The fourth-order valence-corrected chi connectivity index (χ4v) is 3.17. The summed E-state index contributed by atoms with van der Waals surface area (Å²) in [5.41, 5.74) is 0.220. The summed E-state index contributed by atoms with van der Waals surface area (Å²) in [5, 5.41) is 8.90. The lowest BCUT2D eigenvalue weighted by molar-refractivity contribution is -0.133. The van der Waals surface area contributed by atoms with Gasteiger partial charge in [-0.25, -0.2) is 0 Å². The van der Waals surface area contributed by atoms with E-state index < -0.39 is 0 Å². The number of hydrogen-bond donors (Lipinski definition) is 0. The minimum atomic E-state index is -0.0785. The maximum absolute atomic E-state index is 11.9. The molecule has 1 aliphatic heterocycles. The molecular formula is C13H20N2O. The van der Waals surface area contributed by atoms with Crippen molar-refractivity contribution in [2.24, 2.45) is 11.3 Å². The Morgan fingerprint density at radius 2 is 2.19 bits per heavy atom. The van der Waals surface area contributed by atoms with E-state index in [-0.39, 0.29) is 17.2 Å². The topological polar surface area (TPSA) is 44.1 Å². The summed E-state index contributed by atoms with van der Waals surface area (Å²) >= 11 is 0. The number of amides is 1. The minimum Gasteiger partial charge on any atom is -0.338 e. The summed E-state index contributed by atoms with van der Waals surface area (Å²) < 4.78 is 0. The Bertz CT molecular complexity index is 329. The lowest BCUT2D eigenvalue weighted by atomic mass is 9.72. The molecule has 0 radical (unpaired) electrons. The van der Waals surface area contributed by atoms with Gasteiger partial charge in [-0.3, -0.25) is 4.79 Å². The molecule has 2 fully saturated rings. The SMILES string of the molecule is CC1(C)CCCCC1N1CC(C#N)CC1=O. The van der Waals surface area contributed by atoms with E-state index in [1.165, 1.54) is 19.3 Å². The average Bonchev–Trinajstić information content (AvgIpc) is 2.59. The summed E-state index contributed by atoms with van der Waals surface area (Å²) in [5.74, 6) is 0.108. The second-order valence-electron chi connectivity index (χ2n) is 5.83. The van der Waals surface area contributed by atoms with Gasteiger partial charge in [0.2, 0.25) is 5.91 Å². The van der Waals surface area contributed by atoms with Gasteiger partial charge >= 0.3 is 0 Å². The van der Waals surface area contributed by atoms with Crippen molar-refractivity contribution in [2.75, 3.05) is 6.54 Å². The van der Waals surface area contributed by atoms with Crippen molar-refractivity contribution in [1.29, 1.82) is 5.26 Å². The zero-order chi connectivity index (χ0) is 11.8. The number of likely N-dealkylation sites (tertiary alicyclic amines) is 1. The number of nitriles is 1. The van der Waals surface area contributed by atoms with Crippen molar-refractivity contribution in [3.05, 3.63) is 0 Å². The van der Waals surface area contributed by atoms with Crippen molar-refractivity contribution in [2.45, 2.75) is 52.0 Å². The van der Waals surface area contributed by atoms with Gasteiger partial charge in [-0.2, -0.15) is 5.26 Å². The molecule has 16 heavy (non-hydrogen) atoms. The van der Waals surface area contributed by atoms with Crippen molar-refractivity contribution in [1.82, 2.24) is 4.90 Å². The van der Waals surface area contributed by atoms with Gasteiger partial charge in [0.05, 0.1) is 12.0 Å². The molecular weight excluding hydrogens is 200 g/mol. The Labute approximate surface area is 97.4 Å². The Kier molecular flexibility index (Phi) is 2.92. The first-order valence-corrected chi connectivity index (χ1v) is 6.23. The molecule has 1 aliphatic carbocycles. The Balaban J connectivity index is 2.12. The van der Waals surface area contributed by atoms with Crippen LogP contribution in [0.3, 0.4) is 0 Å². The summed E-state index contributed by atoms with van der Waals surface area (Å²) in [7, 11) is 0. The third-order valence-electron chi connectivity index (χ3n) is 4.17. The van der Waals surface area contributed by atoms with Crippen LogP contribution < -0.4 is 0 Å². The van der Waals surface area contributed by atoms with Crippen LogP contribution in [0.1, 0.15) is 46.0 Å². The van der Waals surface area contributed by atoms with E-state index in [1.807, 2.05) is 4.90 Å². The van der Waals surface area contributed by atoms with Crippen molar-refractivity contribution in [3.63, 3.8) is 0 Å². The third kappa shape index (κ3) is 1.93. The van der Waals surface area contributed by atoms with E-state index in [0.717, 1.165) is 6.42 Å². The van der Waals surface area contributed by atoms with Gasteiger partial charge in [-0.15, -0.1) is 0 Å². The largest absolute Gasteiger partial charge is 0.338 e. The van der Waals surface area contributed by atoms with Crippen LogP contribution in [-0.2, 0) is 4.79 Å². The summed E-state index contributed by atoms with van der Waals surface area (Å²) in [6, 6.07) is 2.58. The van der Waals surface area contributed by atoms with E-state index in [4.69, 9.17) is 5.26 Å². The number of hydrogen-bond acceptors (Lipinski definition) is 2. The van der Waals surface area contributed by atoms with Crippen molar-refractivity contribution >= 4 is 5.91 Å². The highest BCUT2D eigenvalue weighted by Crippen LogP contribution is 2.40. The molecule has 0 aromatic heterocycles. The molecule has 2 atom stereocenters. The van der Waals surface area contributed by atoms with Crippen LogP contribution >= 0.6 is 0 Å². The number of carbonyl (C=O) groups is 1. The molecule has 3 nitrogen and oxygen atoms in total. The number of nitrogens with zero attached hydrogens (tertiary/aromatic N) is 2. The number of rotatable bonds is 1. The predicted octanol–water partition coefficient (Wildman–Crippen LogP) is 2.33. The van der Waals surface area contributed by atoms with Crippen LogP contribution in [0.25, 0.3) is 0 Å². The molecule has 3 heteroatoms. The monoisotopic (exact) mass is 220 g/mol. The van der Waals surface area contributed by atoms with Crippen LogP contribution in [0.5, 0.6) is 0 Å². The van der Waals surface area contributed by atoms with Crippen LogP contribution in [0.2, 0.25) is 0 Å². The van der Waals surface area contributed by atoms with Crippen molar-refractivity contribution in [3.8, 4) is 6.07 Å². The van der Waals surface area contributed by atoms with Crippen LogP contribution in [-0.4, -0.2) is 23.4 Å². The van der Waals surface area contributed by atoms with Crippen LogP contribution in [0.4, 0.5) is 0 Å². The van der Waals surface area contributed by atoms with Crippen LogP contribution in [0, 0.1) is 22.7 Å². The second-order valence-corrected chi connectivity index (χ2v) is 5.83. The van der Waals surface area contributed by atoms with Gasteiger partial charge in [-0.05, 0) is 18.3 Å². The predicted molar refractivity (Wildman–Crippen MR) is 61.5 cm³/mol. The summed E-state index contributed by atoms with van der Waals surface area (Å²) in [6.45, 7) is 5.16. The zero-order valence-electron chi connectivity index (χ0n) is 10.2. The highest BCUT2D eigenvalue weighted by Gasteiger charge is 2.42. The first-order valence-electron chi connectivity index (χ1n) is 6.23. The lowest BCUT2D eigenvalue weighted by Crippen LogP contribution is -2.47. The quantitative estimate of drug-likeness (QED) is 0.680. The molecule has 0 bridgehead atoms. The molecule has 2 aliphatic rings. The molecule has 1 amide bonds. The fourth-order valence-electron chi connectivity index (χ4n) is 3.17. The van der Waals surface area contributed by atoms with E-state index in [0.29, 0.717) is 19.0 Å². The highest BCUT2D eigenvalue weighted by molar-refractivity contribution is 5.79. The lowest BCUT2D eigenvalue weighted by Gasteiger charge is -2.43. The molecule has 1 saturated carbocycles. The molecule has 0 spiro atoms. The Morgan fingerprint density at radius 1 is 1.44 bits per heavy atom. The first kappa shape index (κ1) is 11.4. The van der Waals surface area contributed by atoms with Gasteiger partial charge in [0.15, 0.2) is 0 Å². The molecule has 2 unspecified atom stereocenters. The molecule has 0 aromatic carbocycles. The molecule has 2 rings (SSSR count). The maximum atomic E-state index is 11.9. The van der Waals surface area contributed by atoms with E-state index >= 15 is 0 Å². The van der Waals surface area contributed by atoms with E-state index in [9.17, 15) is 4.79 Å². The molecule has 1 saturated heterocycles. The molecule has 88 valence electrons. The van der Waals surface area contributed by atoms with Gasteiger partial charge < -0.3 is 4.90 Å². The maximum Gasteiger partial charge on any atom is 0.224 e. The van der Waals surface area contributed by atoms with Crippen LogP contribution in [0.15, 0.2) is 0 Å². The van der Waals surface area contributed by atoms with Gasteiger partial charge in [0, 0.05) is 19.0 Å². The molecule has 1 heterocycles. The minimum absolute atomic E-state index is 0.0785. The van der Waals surface area contributed by atoms with E-state index in [2.05, 4.69) is 19.9 Å². The Hall–Kier alpha value is -1.04. The molecule has 0 aromatic rings. The average molecular weight is 220 g/mol. The third-order valence-corrected chi connectivity index (χ3v) is 4.17. The number of carbonyl (C=O) groups excluding carboxylic acids is 1. The summed E-state index contributed by atoms with van der Waals surface area (Å²) in [4.78, 5) is 13.9. The Morgan fingerprint density at radius 3 is 2.75 bits per heavy atom. The normalized spacial score (nSPS) is 33.8. The van der Waals surface area contributed by atoms with E-state index in [1.54, 1.807) is 0 Å². The standard InChI is InChI=1S/C13H20N2O/c1-13(2)6-4-3-5-11(13)15-9-10(8-14)7-12(15)16/h10-11H,3-7,9H2,1-2H3. The molecule has 0 N–H and O–H groups in total. The van der Waals surface area contributed by atoms with Gasteiger partial charge in [0.1, 0.15) is 0 Å². The van der Waals surface area contributed by atoms with Crippen molar-refractivity contribution < 1.29 is 4.79 Å². The van der Waals surface area contributed by atoms with Gasteiger partial charge in [-0.1, -0.05) is 26.7 Å². The fraction of sp³-hybridized carbons (Fsp3) is 0.846. The zero-order valence-corrected chi connectivity index (χ0v) is 10.2.